The minimum atomic E-state index is -0.577. The highest BCUT2D eigenvalue weighted by molar-refractivity contribution is 5.89. The summed E-state index contributed by atoms with van der Waals surface area (Å²) in [5.41, 5.74) is 10.1. The molecule has 2 aliphatic carbocycles. The molecule has 3 aliphatic rings. The Morgan fingerprint density at radius 3 is 2.10 bits per heavy atom. The Kier molecular flexibility index (Phi) is 20.2. The molecule has 8 nitrogen and oxygen atoms in total. The lowest BCUT2D eigenvalue weighted by atomic mass is 9.68. The number of aromatic amines is 2. The summed E-state index contributed by atoms with van der Waals surface area (Å²) in [6.45, 7) is 20.4. The van der Waals surface area contributed by atoms with Gasteiger partial charge in [-0.3, -0.25) is 9.59 Å². The third-order valence-electron chi connectivity index (χ3n) is 14.6. The Labute approximate surface area is 424 Å². The normalized spacial score (nSPS) is 19.0. The average molecular weight is 963 g/mol. The Balaban J connectivity index is 0.000000167. The van der Waals surface area contributed by atoms with E-state index >= 15 is 0 Å². The van der Waals surface area contributed by atoms with E-state index in [-0.39, 0.29) is 17.7 Å². The maximum Gasteiger partial charge on any atom is 0.313 e. The summed E-state index contributed by atoms with van der Waals surface area (Å²) in [7, 11) is 0. The van der Waals surface area contributed by atoms with Crippen LogP contribution in [-0.2, 0) is 30.2 Å². The zero-order valence-corrected chi connectivity index (χ0v) is 44.1. The molecule has 3 N–H and O–H groups in total. The smallest absolute Gasteiger partial charge is 0.313 e. The number of para-hydroxylation sites is 2. The number of hydrogen-bond donors (Lipinski definition) is 3. The molecule has 5 atom stereocenters. The Bertz CT molecular complexity index is 2570. The molecule has 5 unspecified atom stereocenters. The van der Waals surface area contributed by atoms with Crippen LogP contribution in [0.15, 0.2) is 139 Å². The highest BCUT2D eigenvalue weighted by Gasteiger charge is 2.35. The summed E-state index contributed by atoms with van der Waals surface area (Å²) in [6.07, 6.45) is 19.8. The summed E-state index contributed by atoms with van der Waals surface area (Å²) < 4.78 is 15.9. The Morgan fingerprint density at radius 1 is 0.873 bits per heavy atom. The SMILES string of the molecule is CC(CCCC(C)(C)O)CC(c1c[nH]c2ccccc12)c1c[nH]c2ccccc12.CCC(=O)/C=C/C1C(C)=CCCC1(C)C.CCOC(=O)C(CC)c1ccccc1.c1ccc2c(c1)CC1COCOC21. The van der Waals surface area contributed by atoms with Crippen LogP contribution >= 0.6 is 0 Å². The molecule has 380 valence electrons. The minimum Gasteiger partial charge on any atom is -0.466 e. The van der Waals surface area contributed by atoms with Gasteiger partial charge < -0.3 is 29.3 Å². The molecule has 71 heavy (non-hydrogen) atoms. The summed E-state index contributed by atoms with van der Waals surface area (Å²) in [5, 5.41) is 12.7. The highest BCUT2D eigenvalue weighted by Crippen LogP contribution is 2.43. The fourth-order valence-electron chi connectivity index (χ4n) is 10.7. The predicted octanol–water partition coefficient (Wildman–Crippen LogP) is 15.3. The number of nitrogens with one attached hydrogen (secondary N) is 2. The van der Waals surface area contributed by atoms with E-state index in [9.17, 15) is 14.7 Å². The number of ketones is 1. The third-order valence-corrected chi connectivity index (χ3v) is 14.6. The van der Waals surface area contributed by atoms with E-state index in [0.29, 0.717) is 55.0 Å². The van der Waals surface area contributed by atoms with Crippen LogP contribution in [0.1, 0.15) is 159 Å². The molecule has 1 saturated heterocycles. The number of rotatable bonds is 15. The number of aromatic nitrogens is 2. The van der Waals surface area contributed by atoms with Crippen molar-refractivity contribution in [1.29, 1.82) is 0 Å². The fraction of sp³-hybridized carbons (Fsp3) is 0.460. The first-order valence-electron chi connectivity index (χ1n) is 26.3. The monoisotopic (exact) mass is 963 g/mol. The molecule has 1 aliphatic heterocycles. The maximum atomic E-state index is 11.6. The number of H-pyrrole nitrogens is 2. The van der Waals surface area contributed by atoms with E-state index < -0.39 is 5.60 Å². The molecular weight excluding hydrogens is 881 g/mol. The minimum absolute atomic E-state index is 0.115. The van der Waals surface area contributed by atoms with Crippen LogP contribution in [0.3, 0.4) is 0 Å². The molecule has 6 aromatic rings. The van der Waals surface area contributed by atoms with Gasteiger partial charge in [0.2, 0.25) is 0 Å². The van der Waals surface area contributed by atoms with Crippen LogP contribution < -0.4 is 0 Å². The Morgan fingerprint density at radius 2 is 1.49 bits per heavy atom. The van der Waals surface area contributed by atoms with E-state index in [1.165, 1.54) is 62.5 Å². The van der Waals surface area contributed by atoms with Gasteiger partial charge in [0.1, 0.15) is 6.79 Å². The molecule has 9 rings (SSSR count). The standard InChI is InChI=1S/C26H32N2O.C14H22O.C12H16O2.C11H12O2/c1-18(9-8-14-26(2,3)29)15-21(22-16-27-24-12-6-4-10-19(22)24)23-17-28-25-13-7-5-11-20(23)25;1-5-12(15)8-9-13-11(2)7-6-10-14(13,3)4;1-3-11(12(13)14-4-2)10-8-6-5-7-9-10;1-2-4-10-8(3-1)5-9-6-12-7-13-11(9)10/h4-7,10-13,16-18,21,27-29H,8-9,14-15H2,1-3H3;7-9,13H,5-6,10H2,1-4H3;5-9,11H,3-4H2,1-2H3;1-4,9,11H,5-7H2/b;9-8+;;. The van der Waals surface area contributed by atoms with Crippen molar-refractivity contribution in [3.63, 3.8) is 0 Å². The first kappa shape index (κ1) is 54.8. The van der Waals surface area contributed by atoms with E-state index in [4.69, 9.17) is 14.2 Å². The van der Waals surface area contributed by atoms with E-state index in [1.807, 2.05) is 65.0 Å². The molecule has 0 saturated carbocycles. The van der Waals surface area contributed by atoms with Gasteiger partial charge in [0.15, 0.2) is 5.78 Å². The number of carbonyl (C=O) groups excluding carboxylic acids is 2. The van der Waals surface area contributed by atoms with Crippen LogP contribution in [0.5, 0.6) is 0 Å². The molecule has 2 aromatic heterocycles. The van der Waals surface area contributed by atoms with Gasteiger partial charge in [0.05, 0.1) is 30.8 Å². The summed E-state index contributed by atoms with van der Waals surface area (Å²) in [5.74, 6) is 1.87. The van der Waals surface area contributed by atoms with Gasteiger partial charge in [-0.05, 0) is 124 Å². The molecule has 0 radical (unpaired) electrons. The molecular formula is C63H82N2O6. The number of allylic oxidation sites excluding steroid dienone is 4. The zero-order valence-electron chi connectivity index (χ0n) is 44.1. The second-order valence-corrected chi connectivity index (χ2v) is 21.2. The molecule has 1 fully saturated rings. The maximum absolute atomic E-state index is 11.6. The quantitative estimate of drug-likeness (QED) is 0.0537. The van der Waals surface area contributed by atoms with Gasteiger partial charge in [-0.2, -0.15) is 0 Å². The second-order valence-electron chi connectivity index (χ2n) is 21.2. The van der Waals surface area contributed by atoms with Gasteiger partial charge in [-0.15, -0.1) is 0 Å². The van der Waals surface area contributed by atoms with Gasteiger partial charge in [0, 0.05) is 58.4 Å². The van der Waals surface area contributed by atoms with E-state index in [2.05, 4.69) is 135 Å². The topological polar surface area (TPSA) is 114 Å². The van der Waals surface area contributed by atoms with Crippen molar-refractivity contribution in [3.05, 3.63) is 167 Å². The van der Waals surface area contributed by atoms with Crippen molar-refractivity contribution in [1.82, 2.24) is 9.97 Å². The molecule has 8 heteroatoms. The van der Waals surface area contributed by atoms with Gasteiger partial charge >= 0.3 is 5.97 Å². The van der Waals surface area contributed by atoms with Gasteiger partial charge in [-0.25, -0.2) is 0 Å². The zero-order chi connectivity index (χ0) is 51.0. The number of esters is 1. The highest BCUT2D eigenvalue weighted by atomic mass is 16.7. The van der Waals surface area contributed by atoms with Crippen molar-refractivity contribution >= 4 is 33.6 Å². The summed E-state index contributed by atoms with van der Waals surface area (Å²) in [6, 6.07) is 35.5. The van der Waals surface area contributed by atoms with Gasteiger partial charge in [-0.1, -0.05) is 156 Å². The first-order chi connectivity index (χ1) is 34.1. The van der Waals surface area contributed by atoms with Crippen LogP contribution in [0.4, 0.5) is 0 Å². The van der Waals surface area contributed by atoms with Crippen LogP contribution in [0, 0.1) is 23.2 Å². The van der Waals surface area contributed by atoms with Crippen molar-refractivity contribution in [2.24, 2.45) is 23.2 Å². The number of benzene rings is 4. The average Bonchev–Trinajstić information content (AvgIpc) is 4.10. The van der Waals surface area contributed by atoms with Crippen molar-refractivity contribution < 1.29 is 28.9 Å². The van der Waals surface area contributed by atoms with Crippen LogP contribution in [-0.4, -0.2) is 52.4 Å². The molecule has 4 aromatic carbocycles. The van der Waals surface area contributed by atoms with Gasteiger partial charge in [0.25, 0.3) is 0 Å². The lowest BCUT2D eigenvalue weighted by Gasteiger charge is -2.36. The number of carbonyl (C=O) groups is 2. The van der Waals surface area contributed by atoms with E-state index in [1.54, 1.807) is 6.08 Å². The van der Waals surface area contributed by atoms with Crippen LogP contribution in [0.2, 0.25) is 0 Å². The number of hydrogen-bond acceptors (Lipinski definition) is 6. The summed E-state index contributed by atoms with van der Waals surface area (Å²) >= 11 is 0. The first-order valence-corrected chi connectivity index (χ1v) is 26.3. The molecule has 0 bridgehead atoms. The van der Waals surface area contributed by atoms with Crippen molar-refractivity contribution in [3.8, 4) is 0 Å². The number of fused-ring (bicyclic) bond motifs is 5. The lowest BCUT2D eigenvalue weighted by Crippen LogP contribution is -2.26. The lowest BCUT2D eigenvalue weighted by molar-refractivity contribution is -0.166. The number of ether oxygens (including phenoxy) is 3. The summed E-state index contributed by atoms with van der Waals surface area (Å²) in [4.78, 5) is 29.8. The predicted molar refractivity (Wildman–Crippen MR) is 291 cm³/mol. The second kappa shape index (κ2) is 26.2. The molecule has 0 spiro atoms. The largest absolute Gasteiger partial charge is 0.466 e. The Hall–Kier alpha value is -5.54. The van der Waals surface area contributed by atoms with E-state index in [0.717, 1.165) is 50.7 Å². The fourth-order valence-corrected chi connectivity index (χ4v) is 10.7. The molecule has 0 amide bonds. The molecule has 3 heterocycles. The van der Waals surface area contributed by atoms with Crippen LogP contribution in [0.25, 0.3) is 21.8 Å². The van der Waals surface area contributed by atoms with Crippen molar-refractivity contribution in [2.75, 3.05) is 20.0 Å². The third kappa shape index (κ3) is 15.2. The number of aliphatic hydroxyl groups is 1. The van der Waals surface area contributed by atoms with Crippen molar-refractivity contribution in [2.45, 2.75) is 144 Å².